The number of hydrogen-bond acceptors (Lipinski definition) is 7. The van der Waals surface area contributed by atoms with Crippen LogP contribution in [0.1, 0.15) is 23.8 Å². The summed E-state index contributed by atoms with van der Waals surface area (Å²) in [5, 5.41) is 10.9. The van der Waals surface area contributed by atoms with Crippen LogP contribution < -0.4 is 0 Å². The molecule has 0 aliphatic carbocycles. The lowest BCUT2D eigenvalue weighted by atomic mass is 9.99. The molecule has 1 atom stereocenters. The van der Waals surface area contributed by atoms with E-state index in [1.54, 1.807) is 22.7 Å². The van der Waals surface area contributed by atoms with E-state index in [0.717, 1.165) is 47.2 Å². The molecule has 1 amide bonds. The highest BCUT2D eigenvalue weighted by Crippen LogP contribution is 2.33. The van der Waals surface area contributed by atoms with Crippen molar-refractivity contribution in [2.45, 2.75) is 23.9 Å². The standard InChI is InChI=1S/C20H19N5OS3/c26-17(12-28-20-22-18(23-24-20)16-8-4-10-27-16)25-9-3-5-13(11-25)19-21-14-6-1-2-7-15(14)29-19/h1-2,4,6-8,10,13H,3,5,9,11-12H2,(H,22,23,24). The maximum Gasteiger partial charge on any atom is 0.233 e. The maximum atomic E-state index is 12.8. The lowest BCUT2D eigenvalue weighted by Crippen LogP contribution is -2.40. The Bertz CT molecular complexity index is 1090. The number of thiazole rings is 1. The molecule has 1 aliphatic rings. The number of benzene rings is 1. The van der Waals surface area contributed by atoms with Crippen molar-refractivity contribution in [2.24, 2.45) is 0 Å². The van der Waals surface area contributed by atoms with E-state index < -0.39 is 0 Å². The smallest absolute Gasteiger partial charge is 0.233 e. The van der Waals surface area contributed by atoms with Gasteiger partial charge in [0, 0.05) is 19.0 Å². The van der Waals surface area contributed by atoms with Crippen LogP contribution in [0.2, 0.25) is 0 Å². The molecular weight excluding hydrogens is 422 g/mol. The quantitative estimate of drug-likeness (QED) is 0.457. The third-order valence-electron chi connectivity index (χ3n) is 4.98. The third kappa shape index (κ3) is 4.08. The zero-order valence-electron chi connectivity index (χ0n) is 15.6. The number of thioether (sulfide) groups is 1. The molecule has 1 unspecified atom stereocenters. The van der Waals surface area contributed by atoms with Crippen LogP contribution >= 0.6 is 34.4 Å². The van der Waals surface area contributed by atoms with Gasteiger partial charge >= 0.3 is 0 Å². The van der Waals surface area contributed by atoms with Gasteiger partial charge in [-0.2, -0.15) is 0 Å². The van der Waals surface area contributed by atoms with E-state index >= 15 is 0 Å². The summed E-state index contributed by atoms with van der Waals surface area (Å²) >= 11 is 4.75. The first-order chi connectivity index (χ1) is 14.3. The van der Waals surface area contributed by atoms with Crippen molar-refractivity contribution in [2.75, 3.05) is 18.8 Å². The first-order valence-corrected chi connectivity index (χ1v) is 12.2. The zero-order valence-corrected chi connectivity index (χ0v) is 18.0. The normalized spacial score (nSPS) is 17.1. The predicted molar refractivity (Wildman–Crippen MR) is 119 cm³/mol. The maximum absolute atomic E-state index is 12.8. The molecule has 4 heterocycles. The Morgan fingerprint density at radius 1 is 1.24 bits per heavy atom. The molecule has 1 N–H and O–H groups in total. The summed E-state index contributed by atoms with van der Waals surface area (Å²) in [6, 6.07) is 12.2. The number of para-hydroxylation sites is 1. The second-order valence-electron chi connectivity index (χ2n) is 6.93. The van der Waals surface area contributed by atoms with Gasteiger partial charge in [0.05, 0.1) is 25.9 Å². The molecule has 1 aromatic carbocycles. The predicted octanol–water partition coefficient (Wildman–Crippen LogP) is 4.64. The van der Waals surface area contributed by atoms with E-state index in [9.17, 15) is 4.79 Å². The number of likely N-dealkylation sites (tertiary alicyclic amines) is 1. The number of aromatic amines is 1. The molecule has 1 aliphatic heterocycles. The van der Waals surface area contributed by atoms with Crippen molar-refractivity contribution in [1.82, 2.24) is 25.1 Å². The van der Waals surface area contributed by atoms with E-state index in [-0.39, 0.29) is 5.91 Å². The van der Waals surface area contributed by atoms with Crippen LogP contribution in [-0.4, -0.2) is 49.8 Å². The SMILES string of the molecule is O=C(CSc1n[nH]c(-c2cccs2)n1)N1CCCC(c2nc3ccccc3s2)C1. The first kappa shape index (κ1) is 18.8. The minimum absolute atomic E-state index is 0.142. The topological polar surface area (TPSA) is 74.8 Å². The summed E-state index contributed by atoms with van der Waals surface area (Å²) in [4.78, 5) is 25.1. The van der Waals surface area contributed by atoms with Crippen LogP contribution in [0, 0.1) is 0 Å². The lowest BCUT2D eigenvalue weighted by Gasteiger charge is -2.31. The van der Waals surface area contributed by atoms with Gasteiger partial charge in [-0.25, -0.2) is 9.97 Å². The second-order valence-corrected chi connectivity index (χ2v) is 9.88. The number of rotatable bonds is 5. The summed E-state index contributed by atoms with van der Waals surface area (Å²) in [7, 11) is 0. The summed E-state index contributed by atoms with van der Waals surface area (Å²) in [6.45, 7) is 1.56. The van der Waals surface area contributed by atoms with E-state index in [4.69, 9.17) is 4.98 Å². The molecule has 0 spiro atoms. The molecule has 1 saturated heterocycles. The Morgan fingerprint density at radius 3 is 3.03 bits per heavy atom. The van der Waals surface area contributed by atoms with Crippen molar-refractivity contribution < 1.29 is 4.79 Å². The van der Waals surface area contributed by atoms with Gasteiger partial charge in [0.2, 0.25) is 11.1 Å². The number of carbonyl (C=O) groups is 1. The van der Waals surface area contributed by atoms with Crippen LogP contribution in [0.3, 0.4) is 0 Å². The number of fused-ring (bicyclic) bond motifs is 1. The fourth-order valence-corrected chi connectivity index (χ4v) is 5.98. The molecule has 1 fully saturated rings. The Hall–Kier alpha value is -2.23. The molecular formula is C20H19N5OS3. The largest absolute Gasteiger partial charge is 0.341 e. The Morgan fingerprint density at radius 2 is 2.17 bits per heavy atom. The molecule has 0 radical (unpaired) electrons. The molecule has 6 nitrogen and oxygen atoms in total. The van der Waals surface area contributed by atoms with Crippen molar-refractivity contribution in [3.05, 3.63) is 46.8 Å². The summed E-state index contributed by atoms with van der Waals surface area (Å²) in [5.74, 6) is 1.57. The molecule has 0 saturated carbocycles. The number of piperidine rings is 1. The molecule has 9 heteroatoms. The van der Waals surface area contributed by atoms with Crippen molar-refractivity contribution in [3.63, 3.8) is 0 Å². The zero-order chi connectivity index (χ0) is 19.6. The minimum Gasteiger partial charge on any atom is -0.341 e. The second kappa shape index (κ2) is 8.25. The van der Waals surface area contributed by atoms with E-state index in [1.165, 1.54) is 16.5 Å². The number of hydrogen-bond donors (Lipinski definition) is 1. The van der Waals surface area contributed by atoms with Gasteiger partial charge in [-0.15, -0.1) is 27.8 Å². The number of nitrogens with zero attached hydrogens (tertiary/aromatic N) is 4. The Labute approximate surface area is 180 Å². The Balaban J connectivity index is 1.21. The van der Waals surface area contributed by atoms with Gasteiger partial charge in [-0.3, -0.25) is 9.89 Å². The monoisotopic (exact) mass is 441 g/mol. The van der Waals surface area contributed by atoms with Crippen LogP contribution in [0.25, 0.3) is 20.9 Å². The fourth-order valence-electron chi connectivity index (χ4n) is 3.52. The van der Waals surface area contributed by atoms with Gasteiger partial charge in [-0.05, 0) is 36.4 Å². The summed E-state index contributed by atoms with van der Waals surface area (Å²) in [5.41, 5.74) is 1.05. The molecule has 3 aromatic heterocycles. The number of nitrogens with one attached hydrogen (secondary N) is 1. The van der Waals surface area contributed by atoms with Crippen LogP contribution in [-0.2, 0) is 4.79 Å². The number of amides is 1. The van der Waals surface area contributed by atoms with Gasteiger partial charge < -0.3 is 4.90 Å². The number of thiophene rings is 1. The van der Waals surface area contributed by atoms with E-state index in [0.29, 0.717) is 16.8 Å². The molecule has 5 rings (SSSR count). The van der Waals surface area contributed by atoms with E-state index in [1.807, 2.05) is 34.5 Å². The van der Waals surface area contributed by atoms with Crippen LogP contribution in [0.5, 0.6) is 0 Å². The molecule has 148 valence electrons. The van der Waals surface area contributed by atoms with Crippen LogP contribution in [0.4, 0.5) is 0 Å². The molecule has 4 aromatic rings. The lowest BCUT2D eigenvalue weighted by molar-refractivity contribution is -0.129. The average Bonchev–Trinajstić information content (AvgIpc) is 3.52. The average molecular weight is 442 g/mol. The van der Waals surface area contributed by atoms with Crippen molar-refractivity contribution >= 4 is 50.6 Å². The number of H-pyrrole nitrogens is 1. The summed E-state index contributed by atoms with van der Waals surface area (Å²) in [6.07, 6.45) is 2.10. The number of carbonyl (C=O) groups excluding carboxylic acids is 1. The van der Waals surface area contributed by atoms with Gasteiger partial charge in [-0.1, -0.05) is 30.0 Å². The fraction of sp³-hybridized carbons (Fsp3) is 0.300. The Kier molecular flexibility index (Phi) is 5.34. The highest BCUT2D eigenvalue weighted by Gasteiger charge is 2.27. The van der Waals surface area contributed by atoms with Gasteiger partial charge in [0.15, 0.2) is 5.82 Å². The van der Waals surface area contributed by atoms with Crippen molar-refractivity contribution in [1.29, 1.82) is 0 Å². The molecule has 29 heavy (non-hydrogen) atoms. The van der Waals surface area contributed by atoms with Gasteiger partial charge in [0.1, 0.15) is 0 Å². The minimum atomic E-state index is 0.142. The highest BCUT2D eigenvalue weighted by atomic mass is 32.2. The van der Waals surface area contributed by atoms with E-state index in [2.05, 4.69) is 27.3 Å². The van der Waals surface area contributed by atoms with Gasteiger partial charge in [0.25, 0.3) is 0 Å². The summed E-state index contributed by atoms with van der Waals surface area (Å²) < 4.78 is 1.22. The number of aromatic nitrogens is 4. The first-order valence-electron chi connectivity index (χ1n) is 9.48. The third-order valence-corrected chi connectivity index (χ3v) is 7.89. The van der Waals surface area contributed by atoms with Crippen LogP contribution in [0.15, 0.2) is 46.9 Å². The van der Waals surface area contributed by atoms with Crippen molar-refractivity contribution in [3.8, 4) is 10.7 Å². The highest BCUT2D eigenvalue weighted by molar-refractivity contribution is 7.99. The molecule has 0 bridgehead atoms.